The maximum absolute atomic E-state index is 12.9. The Bertz CT molecular complexity index is 1460. The van der Waals surface area contributed by atoms with Gasteiger partial charge >= 0.3 is 11.6 Å². The van der Waals surface area contributed by atoms with E-state index in [4.69, 9.17) is 19.9 Å². The van der Waals surface area contributed by atoms with Crippen molar-refractivity contribution in [2.45, 2.75) is 51.6 Å². The van der Waals surface area contributed by atoms with E-state index in [9.17, 15) is 18.1 Å². The standard InChI is InChI=1S/C31H36F2N3O5P/c1-3-40-28(37)11-6-21-5-10-25-26-17-22(19-35-29(26)30(34)36-27(25)18-21)4-7-23-8-9-24(16-20(23)2)41-15-14-39-13-12-31(32,33)42-38/h5,8-10,16-18,35H,3-4,6-7,11-15,19H2,1-2H3,(H2,34,36). The summed E-state index contributed by atoms with van der Waals surface area (Å²) in [5, 5.41) is 4.45. The monoisotopic (exact) mass is 599 g/mol. The van der Waals surface area contributed by atoms with Crippen LogP contribution in [0.15, 0.2) is 42.0 Å². The number of hydrogen-bond donors (Lipinski definition) is 2. The lowest BCUT2D eigenvalue weighted by molar-refractivity contribution is -0.143. The Kier molecular flexibility index (Phi) is 10.8. The highest BCUT2D eigenvalue weighted by Gasteiger charge is 2.29. The van der Waals surface area contributed by atoms with Crippen molar-refractivity contribution < 1.29 is 32.4 Å². The molecule has 3 aromatic rings. The van der Waals surface area contributed by atoms with Gasteiger partial charge in [0.25, 0.3) is 0 Å². The van der Waals surface area contributed by atoms with Crippen LogP contribution in [0.25, 0.3) is 17.0 Å². The first kappa shape index (κ1) is 31.3. The highest BCUT2D eigenvalue weighted by molar-refractivity contribution is 7.25. The number of esters is 1. The van der Waals surface area contributed by atoms with Gasteiger partial charge in [0, 0.05) is 30.3 Å². The van der Waals surface area contributed by atoms with Crippen LogP contribution in [0.2, 0.25) is 0 Å². The van der Waals surface area contributed by atoms with E-state index in [1.54, 1.807) is 6.92 Å². The molecule has 8 nitrogen and oxygen atoms in total. The topological polar surface area (TPSA) is 113 Å². The highest BCUT2D eigenvalue weighted by Crippen LogP contribution is 2.36. The van der Waals surface area contributed by atoms with E-state index < -0.39 is 20.5 Å². The number of alkyl halides is 2. The first-order valence-electron chi connectivity index (χ1n) is 14.0. The molecule has 1 aromatic heterocycles. The van der Waals surface area contributed by atoms with Crippen LogP contribution in [-0.2, 0) is 31.7 Å². The first-order chi connectivity index (χ1) is 20.2. The lowest BCUT2D eigenvalue weighted by Gasteiger charge is -2.22. The van der Waals surface area contributed by atoms with Gasteiger partial charge in [-0.2, -0.15) is 8.78 Å². The van der Waals surface area contributed by atoms with E-state index >= 15 is 0 Å². The van der Waals surface area contributed by atoms with Crippen LogP contribution >= 0.6 is 8.46 Å². The summed E-state index contributed by atoms with van der Waals surface area (Å²) in [5.41, 5.74) is 10.3. The number of pyridine rings is 1. The Morgan fingerprint density at radius 3 is 2.71 bits per heavy atom. The third kappa shape index (κ3) is 8.46. The maximum Gasteiger partial charge on any atom is 0.327 e. The van der Waals surface area contributed by atoms with Gasteiger partial charge in [-0.1, -0.05) is 29.8 Å². The van der Waals surface area contributed by atoms with Gasteiger partial charge in [0.1, 0.15) is 18.2 Å². The van der Waals surface area contributed by atoms with E-state index in [0.717, 1.165) is 46.1 Å². The number of aromatic nitrogens is 1. The largest absolute Gasteiger partial charge is 0.491 e. The Morgan fingerprint density at radius 2 is 1.95 bits per heavy atom. The fraction of sp³-hybridized carbons (Fsp3) is 0.419. The zero-order valence-corrected chi connectivity index (χ0v) is 24.8. The number of anilines is 2. The van der Waals surface area contributed by atoms with Crippen molar-refractivity contribution in [2.75, 3.05) is 44.0 Å². The van der Waals surface area contributed by atoms with Gasteiger partial charge in [-0.05, 0) is 68.0 Å². The summed E-state index contributed by atoms with van der Waals surface area (Å²) < 4.78 is 52.1. The lowest BCUT2D eigenvalue weighted by Crippen LogP contribution is -2.14. The van der Waals surface area contributed by atoms with E-state index in [0.29, 0.717) is 37.6 Å². The number of hydrogen-bond acceptors (Lipinski definition) is 8. The SMILES string of the molecule is CCOC(=O)CCc1ccc2c3c(c(N)nc2c1)NCC(CCc1ccc(OCCOCCC(F)(F)P=O)cc1C)=C3. The zero-order chi connectivity index (χ0) is 30.1. The number of halogens is 2. The molecule has 2 aromatic carbocycles. The smallest absolute Gasteiger partial charge is 0.327 e. The molecule has 0 atom stereocenters. The summed E-state index contributed by atoms with van der Waals surface area (Å²) in [5.74, 6) is 0.925. The summed E-state index contributed by atoms with van der Waals surface area (Å²) >= 11 is 0. The third-order valence-electron chi connectivity index (χ3n) is 7.09. The molecule has 1 aliphatic heterocycles. The zero-order valence-electron chi connectivity index (χ0n) is 23.9. The minimum Gasteiger partial charge on any atom is -0.491 e. The average molecular weight is 600 g/mol. The summed E-state index contributed by atoms with van der Waals surface area (Å²) in [6.07, 6.45) is 4.21. The second kappa shape index (κ2) is 14.5. The number of nitrogens with two attached hydrogens (primary N) is 1. The van der Waals surface area contributed by atoms with Crippen molar-refractivity contribution >= 4 is 42.9 Å². The molecule has 0 bridgehead atoms. The van der Waals surface area contributed by atoms with Crippen LogP contribution < -0.4 is 15.8 Å². The molecule has 0 radical (unpaired) electrons. The molecule has 3 N–H and O–H groups in total. The molecular formula is C31H36F2N3O5P. The molecule has 0 spiro atoms. The lowest BCUT2D eigenvalue weighted by atomic mass is 9.94. The number of fused-ring (bicyclic) bond motifs is 3. The van der Waals surface area contributed by atoms with E-state index in [1.807, 2.05) is 43.3 Å². The fourth-order valence-corrected chi connectivity index (χ4v) is 5.02. The van der Waals surface area contributed by atoms with Gasteiger partial charge in [0.2, 0.25) is 8.46 Å². The van der Waals surface area contributed by atoms with Crippen LogP contribution in [0.1, 0.15) is 48.4 Å². The molecule has 0 saturated carbocycles. The number of aryl methyl sites for hydroxylation is 3. The molecule has 224 valence electrons. The molecule has 0 aliphatic carbocycles. The van der Waals surface area contributed by atoms with Crippen LogP contribution in [0.4, 0.5) is 20.3 Å². The van der Waals surface area contributed by atoms with Gasteiger partial charge in [-0.3, -0.25) is 9.36 Å². The van der Waals surface area contributed by atoms with Gasteiger partial charge in [-0.25, -0.2) is 4.98 Å². The molecule has 42 heavy (non-hydrogen) atoms. The number of nitrogens with zero attached hydrogens (tertiary/aromatic N) is 1. The summed E-state index contributed by atoms with van der Waals surface area (Å²) in [6.45, 7) is 5.10. The molecular weight excluding hydrogens is 563 g/mol. The predicted octanol–water partition coefficient (Wildman–Crippen LogP) is 6.73. The first-order valence-corrected chi connectivity index (χ1v) is 14.8. The third-order valence-corrected chi connectivity index (χ3v) is 7.58. The van der Waals surface area contributed by atoms with Crippen LogP contribution in [0.3, 0.4) is 0 Å². The normalized spacial score (nSPS) is 13.0. The van der Waals surface area contributed by atoms with Gasteiger partial charge in [-0.15, -0.1) is 0 Å². The van der Waals surface area contributed by atoms with Crippen molar-refractivity contribution in [2.24, 2.45) is 0 Å². The number of nitrogens with one attached hydrogen (secondary N) is 1. The minimum atomic E-state index is -3.25. The Labute approximate surface area is 245 Å². The van der Waals surface area contributed by atoms with Gasteiger partial charge in [0.05, 0.1) is 31.0 Å². The highest BCUT2D eigenvalue weighted by atomic mass is 31.1. The van der Waals surface area contributed by atoms with Crippen LogP contribution in [-0.4, -0.2) is 49.6 Å². The molecule has 1 aliphatic rings. The number of rotatable bonds is 15. The minimum absolute atomic E-state index is 0.166. The Balaban J connectivity index is 1.35. The number of benzene rings is 2. The summed E-state index contributed by atoms with van der Waals surface area (Å²) in [7, 11) is -1.19. The van der Waals surface area contributed by atoms with Crippen molar-refractivity contribution in [3.05, 3.63) is 64.2 Å². The average Bonchev–Trinajstić information content (AvgIpc) is 2.97. The van der Waals surface area contributed by atoms with Crippen molar-refractivity contribution in [3.8, 4) is 5.75 Å². The Morgan fingerprint density at radius 1 is 1.12 bits per heavy atom. The second-order valence-electron chi connectivity index (χ2n) is 10.2. The number of nitrogen functional groups attached to an aromatic ring is 1. The fourth-order valence-electron chi connectivity index (χ4n) is 4.84. The van der Waals surface area contributed by atoms with E-state index in [-0.39, 0.29) is 25.8 Å². The maximum atomic E-state index is 12.9. The molecule has 11 heteroatoms. The van der Waals surface area contributed by atoms with Crippen LogP contribution in [0.5, 0.6) is 5.75 Å². The van der Waals surface area contributed by atoms with Crippen molar-refractivity contribution in [1.29, 1.82) is 0 Å². The van der Waals surface area contributed by atoms with E-state index in [1.165, 1.54) is 11.1 Å². The molecule has 0 unspecified atom stereocenters. The molecule has 0 saturated heterocycles. The second-order valence-corrected chi connectivity index (χ2v) is 11.0. The molecule has 0 amide bonds. The molecule has 0 fully saturated rings. The van der Waals surface area contributed by atoms with Crippen LogP contribution in [0, 0.1) is 6.92 Å². The number of carbonyl (C=O) groups excluding carboxylic acids is 1. The number of carbonyl (C=O) groups is 1. The molecule has 2 heterocycles. The Hall–Kier alpha value is -3.62. The van der Waals surface area contributed by atoms with Crippen molar-refractivity contribution in [3.63, 3.8) is 0 Å². The predicted molar refractivity (Wildman–Crippen MR) is 161 cm³/mol. The van der Waals surface area contributed by atoms with Crippen molar-refractivity contribution in [1.82, 2.24) is 4.98 Å². The van der Waals surface area contributed by atoms with Gasteiger partial charge in [0.15, 0.2) is 0 Å². The van der Waals surface area contributed by atoms with Gasteiger partial charge < -0.3 is 25.3 Å². The summed E-state index contributed by atoms with van der Waals surface area (Å²) in [6, 6.07) is 11.9. The number of ether oxygens (including phenoxy) is 3. The summed E-state index contributed by atoms with van der Waals surface area (Å²) in [4.78, 5) is 16.4. The quantitative estimate of drug-likeness (QED) is 0.112. The van der Waals surface area contributed by atoms with E-state index in [2.05, 4.69) is 16.4 Å². The molecule has 4 rings (SSSR count).